The first kappa shape index (κ1) is 20.0. The second kappa shape index (κ2) is 10.6. The molecule has 0 atom stereocenters. The minimum Gasteiger partial charge on any atom is -0.395 e. The van der Waals surface area contributed by atoms with Gasteiger partial charge in [0, 0.05) is 42.8 Å². The van der Waals surface area contributed by atoms with Crippen LogP contribution >= 0.6 is 11.8 Å². The van der Waals surface area contributed by atoms with E-state index >= 15 is 0 Å². The molecule has 3 rings (SSSR count). The fraction of sp³-hybridized carbons (Fsp3) is 0.250. The van der Waals surface area contributed by atoms with Gasteiger partial charge < -0.3 is 15.7 Å². The second-order valence-electron chi connectivity index (χ2n) is 6.04. The number of rotatable bonds is 10. The van der Waals surface area contributed by atoms with Gasteiger partial charge in [-0.05, 0) is 43.3 Å². The summed E-state index contributed by atoms with van der Waals surface area (Å²) in [5.74, 6) is 1.19. The van der Waals surface area contributed by atoms with Crippen molar-refractivity contribution >= 4 is 29.2 Å². The van der Waals surface area contributed by atoms with Crippen LogP contribution in [0.1, 0.15) is 6.42 Å². The Morgan fingerprint density at radius 3 is 2.61 bits per heavy atom. The van der Waals surface area contributed by atoms with Crippen molar-refractivity contribution in [2.75, 3.05) is 36.0 Å². The number of aliphatic hydroxyl groups excluding tert-OH is 1. The van der Waals surface area contributed by atoms with Crippen LogP contribution in [0.3, 0.4) is 0 Å². The van der Waals surface area contributed by atoms with E-state index in [4.69, 9.17) is 16.9 Å². The predicted molar refractivity (Wildman–Crippen MR) is 113 cm³/mol. The van der Waals surface area contributed by atoms with Gasteiger partial charge in [-0.2, -0.15) is 0 Å². The number of hydrogen-bond donors (Lipinski definition) is 3. The molecule has 8 heteroatoms. The Bertz CT molecular complexity index is 864. The highest BCUT2D eigenvalue weighted by Gasteiger charge is 2.11. The van der Waals surface area contributed by atoms with Crippen LogP contribution in [0.15, 0.2) is 60.9 Å². The fourth-order valence-electron chi connectivity index (χ4n) is 2.60. The van der Waals surface area contributed by atoms with Crippen LogP contribution in [0, 0.1) is 0 Å². The molecule has 0 unspecified atom stereocenters. The van der Waals surface area contributed by atoms with Gasteiger partial charge in [-0.15, -0.1) is 0 Å². The van der Waals surface area contributed by atoms with E-state index in [0.717, 1.165) is 42.3 Å². The zero-order chi connectivity index (χ0) is 19.6. The minimum absolute atomic E-state index is 0.155. The number of benzene rings is 1. The number of nitrogens with one attached hydrogen (secondary N) is 2. The maximum absolute atomic E-state index is 8.75. The van der Waals surface area contributed by atoms with Crippen molar-refractivity contribution in [3.8, 4) is 11.3 Å². The molecule has 0 saturated heterocycles. The SMILES string of the molecule is OCCNCCCNc1cc(-c2ccnc(N(Cl)c3ccccc3)n2)ccn1. The van der Waals surface area contributed by atoms with Crippen LogP contribution in [-0.2, 0) is 0 Å². The highest BCUT2D eigenvalue weighted by molar-refractivity contribution is 6.28. The van der Waals surface area contributed by atoms with E-state index in [9.17, 15) is 0 Å². The number of pyridine rings is 1. The molecule has 3 aromatic rings. The van der Waals surface area contributed by atoms with E-state index in [0.29, 0.717) is 12.5 Å². The first-order valence-corrected chi connectivity index (χ1v) is 9.47. The molecular formula is C20H23ClN6O. The normalized spacial score (nSPS) is 10.6. The third-order valence-electron chi connectivity index (χ3n) is 3.98. The number of aliphatic hydroxyl groups is 1. The number of para-hydroxylation sites is 1. The Balaban J connectivity index is 1.67. The summed E-state index contributed by atoms with van der Waals surface area (Å²) in [6.45, 7) is 2.40. The highest BCUT2D eigenvalue weighted by atomic mass is 35.5. The van der Waals surface area contributed by atoms with Crippen LogP contribution < -0.4 is 15.1 Å². The molecule has 146 valence electrons. The molecular weight excluding hydrogens is 376 g/mol. The van der Waals surface area contributed by atoms with Gasteiger partial charge in [0.1, 0.15) is 5.82 Å². The third-order valence-corrected chi connectivity index (χ3v) is 4.33. The van der Waals surface area contributed by atoms with Crippen molar-refractivity contribution in [1.29, 1.82) is 0 Å². The largest absolute Gasteiger partial charge is 0.395 e. The topological polar surface area (TPSA) is 86.2 Å². The predicted octanol–water partition coefficient (Wildman–Crippen LogP) is 3.21. The summed E-state index contributed by atoms with van der Waals surface area (Å²) >= 11 is 6.41. The summed E-state index contributed by atoms with van der Waals surface area (Å²) < 4.78 is 1.43. The number of halogens is 1. The summed E-state index contributed by atoms with van der Waals surface area (Å²) in [5, 5.41) is 15.2. The molecule has 2 aromatic heterocycles. The molecule has 0 aliphatic rings. The molecule has 0 spiro atoms. The quantitative estimate of drug-likeness (QED) is 0.357. The first-order chi connectivity index (χ1) is 13.8. The third kappa shape index (κ3) is 5.63. The number of nitrogens with zero attached hydrogens (tertiary/aromatic N) is 4. The van der Waals surface area contributed by atoms with Crippen LogP contribution in [-0.4, -0.2) is 46.3 Å². The lowest BCUT2D eigenvalue weighted by atomic mass is 10.2. The van der Waals surface area contributed by atoms with E-state index in [1.165, 1.54) is 4.42 Å². The molecule has 1 aromatic carbocycles. The van der Waals surface area contributed by atoms with Gasteiger partial charge in [-0.1, -0.05) is 18.2 Å². The lowest BCUT2D eigenvalue weighted by Crippen LogP contribution is -2.21. The van der Waals surface area contributed by atoms with Crippen LogP contribution in [0.2, 0.25) is 0 Å². The van der Waals surface area contributed by atoms with E-state index < -0.39 is 0 Å². The Labute approximate surface area is 169 Å². The molecule has 28 heavy (non-hydrogen) atoms. The molecule has 0 saturated carbocycles. The zero-order valence-electron chi connectivity index (χ0n) is 15.4. The number of hydrogen-bond acceptors (Lipinski definition) is 7. The van der Waals surface area contributed by atoms with Gasteiger partial charge in [0.05, 0.1) is 18.0 Å². The first-order valence-electron chi connectivity index (χ1n) is 9.14. The molecule has 3 N–H and O–H groups in total. The summed E-state index contributed by atoms with van der Waals surface area (Å²) in [4.78, 5) is 13.2. The van der Waals surface area contributed by atoms with Gasteiger partial charge in [-0.3, -0.25) is 0 Å². The second-order valence-corrected chi connectivity index (χ2v) is 6.38. The molecule has 0 amide bonds. The maximum atomic E-state index is 8.75. The highest BCUT2D eigenvalue weighted by Crippen LogP contribution is 2.26. The molecule has 0 bridgehead atoms. The Kier molecular flexibility index (Phi) is 7.54. The van der Waals surface area contributed by atoms with Gasteiger partial charge in [0.2, 0.25) is 5.95 Å². The average molecular weight is 399 g/mol. The number of anilines is 3. The van der Waals surface area contributed by atoms with E-state index in [1.807, 2.05) is 48.5 Å². The number of aromatic nitrogens is 3. The molecule has 0 radical (unpaired) electrons. The van der Waals surface area contributed by atoms with Crippen molar-refractivity contribution in [3.05, 3.63) is 60.9 Å². The Morgan fingerprint density at radius 1 is 0.964 bits per heavy atom. The van der Waals surface area contributed by atoms with Gasteiger partial charge >= 0.3 is 0 Å². The van der Waals surface area contributed by atoms with E-state index in [1.54, 1.807) is 12.4 Å². The van der Waals surface area contributed by atoms with Crippen LogP contribution in [0.5, 0.6) is 0 Å². The lowest BCUT2D eigenvalue weighted by molar-refractivity contribution is 0.292. The summed E-state index contributed by atoms with van der Waals surface area (Å²) in [7, 11) is 0. The van der Waals surface area contributed by atoms with Crippen LogP contribution in [0.4, 0.5) is 17.5 Å². The molecule has 7 nitrogen and oxygen atoms in total. The van der Waals surface area contributed by atoms with E-state index in [2.05, 4.69) is 25.6 Å². The van der Waals surface area contributed by atoms with Gasteiger partial charge in [0.25, 0.3) is 0 Å². The average Bonchev–Trinajstić information content (AvgIpc) is 2.76. The molecule has 0 aliphatic heterocycles. The van der Waals surface area contributed by atoms with Gasteiger partial charge in [-0.25, -0.2) is 19.4 Å². The summed E-state index contributed by atoms with van der Waals surface area (Å²) in [5.41, 5.74) is 2.49. The van der Waals surface area contributed by atoms with Crippen molar-refractivity contribution in [2.45, 2.75) is 6.42 Å². The molecule has 0 fully saturated rings. The van der Waals surface area contributed by atoms with E-state index in [-0.39, 0.29) is 6.61 Å². The molecule has 2 heterocycles. The molecule has 0 aliphatic carbocycles. The standard InChI is InChI=1S/C20H23ClN6O/c21-27(17-5-2-1-3-6-17)20-25-12-8-18(26-20)16-7-11-24-19(15-16)23-10-4-9-22-13-14-28/h1-3,5-8,11-12,15,22,28H,4,9-10,13-14H2,(H,23,24). The smallest absolute Gasteiger partial charge is 0.245 e. The van der Waals surface area contributed by atoms with Crippen LogP contribution in [0.25, 0.3) is 11.3 Å². The van der Waals surface area contributed by atoms with Crippen molar-refractivity contribution < 1.29 is 5.11 Å². The Morgan fingerprint density at radius 2 is 1.79 bits per heavy atom. The van der Waals surface area contributed by atoms with Crippen molar-refractivity contribution in [1.82, 2.24) is 20.3 Å². The summed E-state index contributed by atoms with van der Waals surface area (Å²) in [6, 6.07) is 15.2. The lowest BCUT2D eigenvalue weighted by Gasteiger charge is -2.14. The monoisotopic (exact) mass is 398 g/mol. The fourth-order valence-corrected chi connectivity index (χ4v) is 2.79. The zero-order valence-corrected chi connectivity index (χ0v) is 16.2. The Hall–Kier alpha value is -2.74. The van der Waals surface area contributed by atoms with Crippen molar-refractivity contribution in [3.63, 3.8) is 0 Å². The summed E-state index contributed by atoms with van der Waals surface area (Å²) in [6.07, 6.45) is 4.37. The maximum Gasteiger partial charge on any atom is 0.245 e. The minimum atomic E-state index is 0.155. The van der Waals surface area contributed by atoms with Crippen molar-refractivity contribution in [2.24, 2.45) is 0 Å². The van der Waals surface area contributed by atoms with Gasteiger partial charge in [0.15, 0.2) is 0 Å².